The smallest absolute Gasteiger partial charge is 0.258 e. The number of benzene rings is 2. The van der Waals surface area contributed by atoms with Crippen LogP contribution in [-0.2, 0) is 4.79 Å². The summed E-state index contributed by atoms with van der Waals surface area (Å²) < 4.78 is 18.6. The lowest BCUT2D eigenvalue weighted by Gasteiger charge is -2.13. The molecular formula is C16H15ClFNO3. The van der Waals surface area contributed by atoms with Crippen LogP contribution in [0.2, 0.25) is 5.02 Å². The summed E-state index contributed by atoms with van der Waals surface area (Å²) in [6.45, 7) is -0.205. The monoisotopic (exact) mass is 323 g/mol. The van der Waals surface area contributed by atoms with Crippen molar-refractivity contribution in [1.82, 2.24) is 5.32 Å². The van der Waals surface area contributed by atoms with Gasteiger partial charge >= 0.3 is 0 Å². The Morgan fingerprint density at radius 1 is 1.27 bits per heavy atom. The Balaban J connectivity index is 1.79. The number of aliphatic hydroxyl groups is 1. The number of carbonyl (C=O) groups is 1. The largest absolute Gasteiger partial charge is 0.484 e. The van der Waals surface area contributed by atoms with Crippen molar-refractivity contribution in [2.75, 3.05) is 13.2 Å². The second-order valence-electron chi connectivity index (χ2n) is 4.60. The molecule has 0 saturated heterocycles. The molecule has 0 aliphatic carbocycles. The number of nitrogens with one attached hydrogen (secondary N) is 1. The van der Waals surface area contributed by atoms with Crippen LogP contribution in [0, 0.1) is 5.82 Å². The molecule has 0 spiro atoms. The Morgan fingerprint density at radius 2 is 2.00 bits per heavy atom. The third-order valence-corrected chi connectivity index (χ3v) is 3.24. The molecule has 1 amide bonds. The van der Waals surface area contributed by atoms with Crippen LogP contribution >= 0.6 is 11.6 Å². The summed E-state index contributed by atoms with van der Waals surface area (Å²) in [4.78, 5) is 11.6. The van der Waals surface area contributed by atoms with E-state index in [0.717, 1.165) is 6.07 Å². The fourth-order valence-corrected chi connectivity index (χ4v) is 1.88. The number of para-hydroxylation sites is 1. The third-order valence-electron chi connectivity index (χ3n) is 2.93. The first kappa shape index (κ1) is 16.3. The molecule has 1 atom stereocenters. The predicted octanol–water partition coefficient (Wildman–Crippen LogP) is 2.71. The average molecular weight is 324 g/mol. The van der Waals surface area contributed by atoms with Gasteiger partial charge in [-0.05, 0) is 29.8 Å². The number of rotatable bonds is 6. The van der Waals surface area contributed by atoms with Gasteiger partial charge in [-0.15, -0.1) is 0 Å². The lowest BCUT2D eigenvalue weighted by Crippen LogP contribution is -2.32. The number of hydrogen-bond donors (Lipinski definition) is 2. The first-order chi connectivity index (χ1) is 10.6. The molecule has 0 bridgehead atoms. The highest BCUT2D eigenvalue weighted by atomic mass is 35.5. The minimum absolute atomic E-state index is 0.0174. The van der Waals surface area contributed by atoms with Crippen molar-refractivity contribution < 1.29 is 19.0 Å². The molecule has 116 valence electrons. The van der Waals surface area contributed by atoms with Crippen molar-refractivity contribution in [3.05, 3.63) is 64.9 Å². The molecule has 2 aromatic carbocycles. The number of amides is 1. The van der Waals surface area contributed by atoms with Gasteiger partial charge in [-0.1, -0.05) is 35.9 Å². The molecule has 2 rings (SSSR count). The summed E-state index contributed by atoms with van der Waals surface area (Å²) in [6.07, 6.45) is -1.02. The summed E-state index contributed by atoms with van der Waals surface area (Å²) in [5, 5.41) is 12.4. The van der Waals surface area contributed by atoms with Gasteiger partial charge in [0.25, 0.3) is 5.91 Å². The van der Waals surface area contributed by atoms with Crippen molar-refractivity contribution in [3.63, 3.8) is 0 Å². The molecule has 0 fully saturated rings. The Bertz CT molecular complexity index is 637. The molecule has 0 saturated carbocycles. The number of carbonyl (C=O) groups excluding carboxylic acids is 1. The molecule has 0 radical (unpaired) electrons. The van der Waals surface area contributed by atoms with E-state index in [1.807, 2.05) is 6.07 Å². The Kier molecular flexibility index (Phi) is 5.75. The maximum absolute atomic E-state index is 13.3. The summed E-state index contributed by atoms with van der Waals surface area (Å²) in [5.41, 5.74) is 0.339. The van der Waals surface area contributed by atoms with Crippen LogP contribution in [0.1, 0.15) is 11.7 Å². The average Bonchev–Trinajstić information content (AvgIpc) is 2.54. The highest BCUT2D eigenvalue weighted by Gasteiger charge is 2.12. The zero-order valence-electron chi connectivity index (χ0n) is 11.6. The SMILES string of the molecule is O=C(COc1ccccc1)NCC(O)c1ccc(Cl)c(F)c1. The van der Waals surface area contributed by atoms with Crippen molar-refractivity contribution in [2.45, 2.75) is 6.10 Å². The molecule has 2 N–H and O–H groups in total. The lowest BCUT2D eigenvalue weighted by molar-refractivity contribution is -0.123. The fourth-order valence-electron chi connectivity index (χ4n) is 1.76. The molecule has 1 unspecified atom stereocenters. The van der Waals surface area contributed by atoms with Crippen LogP contribution in [0.3, 0.4) is 0 Å². The van der Waals surface area contributed by atoms with Crippen LogP contribution in [-0.4, -0.2) is 24.2 Å². The number of ether oxygens (including phenoxy) is 1. The van der Waals surface area contributed by atoms with E-state index in [2.05, 4.69) is 5.32 Å². The van der Waals surface area contributed by atoms with E-state index in [1.165, 1.54) is 12.1 Å². The molecule has 0 aliphatic rings. The van der Waals surface area contributed by atoms with Crippen LogP contribution in [0.4, 0.5) is 4.39 Å². The number of hydrogen-bond acceptors (Lipinski definition) is 3. The quantitative estimate of drug-likeness (QED) is 0.859. The summed E-state index contributed by atoms with van der Waals surface area (Å²) in [5.74, 6) is -0.410. The van der Waals surface area contributed by atoms with Crippen LogP contribution < -0.4 is 10.1 Å². The third kappa shape index (κ3) is 4.72. The molecular weight excluding hydrogens is 309 g/mol. The zero-order valence-corrected chi connectivity index (χ0v) is 12.4. The van der Waals surface area contributed by atoms with Gasteiger partial charge in [-0.3, -0.25) is 4.79 Å². The van der Waals surface area contributed by atoms with Crippen LogP contribution in [0.15, 0.2) is 48.5 Å². The van der Waals surface area contributed by atoms with Gasteiger partial charge < -0.3 is 15.2 Å². The van der Waals surface area contributed by atoms with E-state index in [-0.39, 0.29) is 24.1 Å². The Labute approximate surface area is 132 Å². The van der Waals surface area contributed by atoms with Crippen molar-refractivity contribution in [3.8, 4) is 5.75 Å². The minimum Gasteiger partial charge on any atom is -0.484 e. The van der Waals surface area contributed by atoms with Crippen LogP contribution in [0.25, 0.3) is 0 Å². The number of aliphatic hydroxyl groups excluding tert-OH is 1. The van der Waals surface area contributed by atoms with E-state index in [4.69, 9.17) is 16.3 Å². The normalized spacial score (nSPS) is 11.8. The highest BCUT2D eigenvalue weighted by molar-refractivity contribution is 6.30. The molecule has 2 aromatic rings. The van der Waals surface area contributed by atoms with Crippen molar-refractivity contribution in [1.29, 1.82) is 0 Å². The second-order valence-corrected chi connectivity index (χ2v) is 5.00. The fraction of sp³-hybridized carbons (Fsp3) is 0.188. The van der Waals surface area contributed by atoms with Crippen LogP contribution in [0.5, 0.6) is 5.75 Å². The topological polar surface area (TPSA) is 58.6 Å². The van der Waals surface area contributed by atoms with Gasteiger partial charge in [0.1, 0.15) is 11.6 Å². The minimum atomic E-state index is -1.02. The second kappa shape index (κ2) is 7.77. The predicted molar refractivity (Wildman–Crippen MR) is 81.3 cm³/mol. The standard InChI is InChI=1S/C16H15ClFNO3/c17-13-7-6-11(8-14(13)18)15(20)9-19-16(21)10-22-12-4-2-1-3-5-12/h1-8,15,20H,9-10H2,(H,19,21). The summed E-state index contributed by atoms with van der Waals surface area (Å²) in [6, 6.07) is 12.9. The zero-order chi connectivity index (χ0) is 15.9. The Hall–Kier alpha value is -2.11. The molecule has 6 heteroatoms. The maximum Gasteiger partial charge on any atom is 0.258 e. The van der Waals surface area contributed by atoms with E-state index in [1.54, 1.807) is 24.3 Å². The number of halogens is 2. The molecule has 0 heterocycles. The Morgan fingerprint density at radius 3 is 2.68 bits per heavy atom. The van der Waals surface area contributed by atoms with Crippen molar-refractivity contribution >= 4 is 17.5 Å². The van der Waals surface area contributed by atoms with Gasteiger partial charge in [0.15, 0.2) is 6.61 Å². The van der Waals surface area contributed by atoms with Gasteiger partial charge in [0.2, 0.25) is 0 Å². The molecule has 0 aliphatic heterocycles. The van der Waals surface area contributed by atoms with Gasteiger partial charge in [-0.2, -0.15) is 0 Å². The van der Waals surface area contributed by atoms with Gasteiger partial charge in [-0.25, -0.2) is 4.39 Å². The molecule has 22 heavy (non-hydrogen) atoms. The maximum atomic E-state index is 13.3. The molecule has 0 aromatic heterocycles. The van der Waals surface area contributed by atoms with Gasteiger partial charge in [0.05, 0.1) is 11.1 Å². The van der Waals surface area contributed by atoms with Gasteiger partial charge in [0, 0.05) is 6.54 Å². The first-order valence-electron chi connectivity index (χ1n) is 6.64. The lowest BCUT2D eigenvalue weighted by atomic mass is 10.1. The summed E-state index contributed by atoms with van der Waals surface area (Å²) >= 11 is 5.57. The first-order valence-corrected chi connectivity index (χ1v) is 7.01. The van der Waals surface area contributed by atoms with E-state index >= 15 is 0 Å². The van der Waals surface area contributed by atoms with Crippen molar-refractivity contribution in [2.24, 2.45) is 0 Å². The summed E-state index contributed by atoms with van der Waals surface area (Å²) in [7, 11) is 0. The van der Waals surface area contributed by atoms with E-state index < -0.39 is 11.9 Å². The van der Waals surface area contributed by atoms with E-state index in [9.17, 15) is 14.3 Å². The highest BCUT2D eigenvalue weighted by Crippen LogP contribution is 2.19. The molecule has 4 nitrogen and oxygen atoms in total. The van der Waals surface area contributed by atoms with E-state index in [0.29, 0.717) is 11.3 Å².